The summed E-state index contributed by atoms with van der Waals surface area (Å²) in [6.45, 7) is 2.78. The summed E-state index contributed by atoms with van der Waals surface area (Å²) in [5, 5.41) is 2.72. The number of aromatic nitrogens is 1. The van der Waals surface area contributed by atoms with Crippen molar-refractivity contribution < 1.29 is 9.59 Å². The number of rotatable bonds is 2. The number of carbonyl (C=O) groups is 2. The zero-order valence-corrected chi connectivity index (χ0v) is 10.2. The third-order valence-corrected chi connectivity index (χ3v) is 2.88. The lowest BCUT2D eigenvalue weighted by atomic mass is 10.2. The molecule has 94 valence electrons. The van der Waals surface area contributed by atoms with Crippen LogP contribution in [0.25, 0.3) is 6.08 Å². The number of nitrogens with zero attached hydrogens (tertiary/aromatic N) is 2. The summed E-state index contributed by atoms with van der Waals surface area (Å²) in [4.78, 5) is 28.9. The van der Waals surface area contributed by atoms with Gasteiger partial charge in [0, 0.05) is 31.6 Å². The Balaban J connectivity index is 2.03. The average Bonchev–Trinajstić information content (AvgIpc) is 2.40. The van der Waals surface area contributed by atoms with E-state index in [1.807, 2.05) is 6.07 Å². The Morgan fingerprint density at radius 3 is 3.17 bits per heavy atom. The molecule has 5 nitrogen and oxygen atoms in total. The molecule has 2 amide bonds. The maximum absolute atomic E-state index is 12.0. The van der Waals surface area contributed by atoms with Crippen LogP contribution < -0.4 is 5.32 Å². The van der Waals surface area contributed by atoms with Crippen LogP contribution in [0.15, 0.2) is 30.6 Å². The third-order valence-electron chi connectivity index (χ3n) is 2.88. The molecule has 1 aliphatic rings. The van der Waals surface area contributed by atoms with Gasteiger partial charge in [0.2, 0.25) is 11.8 Å². The highest BCUT2D eigenvalue weighted by Gasteiger charge is 2.27. The molecule has 1 aliphatic heterocycles. The summed E-state index contributed by atoms with van der Waals surface area (Å²) in [5.74, 6) is -0.259. The van der Waals surface area contributed by atoms with Crippen LogP contribution in [0.3, 0.4) is 0 Å². The van der Waals surface area contributed by atoms with Crippen molar-refractivity contribution in [3.05, 3.63) is 36.2 Å². The van der Waals surface area contributed by atoms with E-state index < -0.39 is 6.04 Å². The van der Waals surface area contributed by atoms with Crippen molar-refractivity contribution in [1.82, 2.24) is 15.2 Å². The van der Waals surface area contributed by atoms with Gasteiger partial charge < -0.3 is 10.2 Å². The van der Waals surface area contributed by atoms with Crippen LogP contribution in [0.2, 0.25) is 0 Å². The normalized spacial score (nSPS) is 19.9. The van der Waals surface area contributed by atoms with Crippen molar-refractivity contribution in [1.29, 1.82) is 0 Å². The van der Waals surface area contributed by atoms with Gasteiger partial charge in [0.1, 0.15) is 6.04 Å². The highest BCUT2D eigenvalue weighted by atomic mass is 16.2. The molecule has 1 fully saturated rings. The minimum Gasteiger partial charge on any atom is -0.353 e. The Hall–Kier alpha value is -2.17. The van der Waals surface area contributed by atoms with Crippen LogP contribution in [-0.2, 0) is 9.59 Å². The van der Waals surface area contributed by atoms with E-state index in [0.29, 0.717) is 13.1 Å². The first kappa shape index (κ1) is 12.3. The van der Waals surface area contributed by atoms with Gasteiger partial charge in [-0.3, -0.25) is 14.6 Å². The van der Waals surface area contributed by atoms with Crippen molar-refractivity contribution in [3.8, 4) is 0 Å². The predicted molar refractivity (Wildman–Crippen MR) is 67.5 cm³/mol. The number of amides is 2. The first-order valence-corrected chi connectivity index (χ1v) is 5.85. The van der Waals surface area contributed by atoms with Crippen molar-refractivity contribution in [2.45, 2.75) is 13.0 Å². The summed E-state index contributed by atoms with van der Waals surface area (Å²) in [7, 11) is 0. The van der Waals surface area contributed by atoms with Crippen molar-refractivity contribution in [3.63, 3.8) is 0 Å². The molecule has 1 N–H and O–H groups in total. The van der Waals surface area contributed by atoms with Crippen LogP contribution in [0.1, 0.15) is 12.5 Å². The number of piperazine rings is 1. The largest absolute Gasteiger partial charge is 0.353 e. The van der Waals surface area contributed by atoms with E-state index in [4.69, 9.17) is 0 Å². The molecule has 0 bridgehead atoms. The standard InChI is InChI=1S/C13H15N3O2/c1-10-13(18)15-7-8-16(10)12(17)5-4-11-3-2-6-14-9-11/h2-6,9-10H,7-8H2,1H3,(H,15,18). The number of nitrogens with one attached hydrogen (secondary N) is 1. The highest BCUT2D eigenvalue weighted by molar-refractivity contribution is 5.96. The summed E-state index contributed by atoms with van der Waals surface area (Å²) < 4.78 is 0. The fraction of sp³-hybridized carbons (Fsp3) is 0.308. The Kier molecular flexibility index (Phi) is 3.72. The fourth-order valence-corrected chi connectivity index (χ4v) is 1.82. The van der Waals surface area contributed by atoms with E-state index >= 15 is 0 Å². The minimum absolute atomic E-state index is 0.107. The molecule has 1 unspecified atom stereocenters. The predicted octanol–water partition coefficient (Wildman–Crippen LogP) is 0.442. The maximum atomic E-state index is 12.0. The van der Waals surface area contributed by atoms with Gasteiger partial charge in [-0.1, -0.05) is 6.07 Å². The molecule has 0 spiro atoms. The molecule has 1 aromatic rings. The molecule has 2 heterocycles. The van der Waals surface area contributed by atoms with E-state index in [9.17, 15) is 9.59 Å². The lowest BCUT2D eigenvalue weighted by Gasteiger charge is -2.31. The molecule has 0 saturated carbocycles. The molecule has 0 aliphatic carbocycles. The van der Waals surface area contributed by atoms with Crippen molar-refractivity contribution >= 4 is 17.9 Å². The Bertz CT molecular complexity index is 470. The van der Waals surface area contributed by atoms with Crippen LogP contribution in [0.5, 0.6) is 0 Å². The second kappa shape index (κ2) is 5.44. The van der Waals surface area contributed by atoms with Gasteiger partial charge in [-0.15, -0.1) is 0 Å². The van der Waals surface area contributed by atoms with Gasteiger partial charge in [-0.05, 0) is 24.6 Å². The first-order chi connectivity index (χ1) is 8.68. The SMILES string of the molecule is CC1C(=O)NCCN1C(=O)C=Cc1cccnc1. The van der Waals surface area contributed by atoms with Crippen LogP contribution in [0.4, 0.5) is 0 Å². The lowest BCUT2D eigenvalue weighted by molar-refractivity contribution is -0.139. The molecule has 5 heteroatoms. The zero-order chi connectivity index (χ0) is 13.0. The van der Waals surface area contributed by atoms with Gasteiger partial charge >= 0.3 is 0 Å². The number of pyridine rings is 1. The van der Waals surface area contributed by atoms with E-state index in [-0.39, 0.29) is 11.8 Å². The van der Waals surface area contributed by atoms with Crippen LogP contribution in [0, 0.1) is 0 Å². The van der Waals surface area contributed by atoms with E-state index in [1.165, 1.54) is 6.08 Å². The second-order valence-electron chi connectivity index (χ2n) is 4.12. The van der Waals surface area contributed by atoms with Gasteiger partial charge in [-0.2, -0.15) is 0 Å². The fourth-order valence-electron chi connectivity index (χ4n) is 1.82. The molecule has 1 atom stereocenters. The third kappa shape index (κ3) is 2.74. The van der Waals surface area contributed by atoms with E-state index in [1.54, 1.807) is 36.4 Å². The molecular weight excluding hydrogens is 230 g/mol. The lowest BCUT2D eigenvalue weighted by Crippen LogP contribution is -2.55. The van der Waals surface area contributed by atoms with Gasteiger partial charge in [-0.25, -0.2) is 0 Å². The summed E-state index contributed by atoms with van der Waals surface area (Å²) in [5.41, 5.74) is 0.861. The Morgan fingerprint density at radius 1 is 1.61 bits per heavy atom. The quantitative estimate of drug-likeness (QED) is 0.769. The first-order valence-electron chi connectivity index (χ1n) is 5.85. The smallest absolute Gasteiger partial charge is 0.247 e. The summed E-state index contributed by atoms with van der Waals surface area (Å²) in [6, 6.07) is 3.26. The van der Waals surface area contributed by atoms with Gasteiger partial charge in [0.15, 0.2) is 0 Å². The van der Waals surface area contributed by atoms with E-state index in [2.05, 4.69) is 10.3 Å². The number of carbonyl (C=O) groups excluding carboxylic acids is 2. The average molecular weight is 245 g/mol. The van der Waals surface area contributed by atoms with Gasteiger partial charge in [0.05, 0.1) is 0 Å². The number of hydrogen-bond acceptors (Lipinski definition) is 3. The second-order valence-corrected chi connectivity index (χ2v) is 4.12. The minimum atomic E-state index is -0.412. The molecule has 2 rings (SSSR count). The zero-order valence-electron chi connectivity index (χ0n) is 10.2. The Morgan fingerprint density at radius 2 is 2.44 bits per heavy atom. The highest BCUT2D eigenvalue weighted by Crippen LogP contribution is 2.06. The number of hydrogen-bond donors (Lipinski definition) is 1. The molecule has 0 aromatic carbocycles. The molecule has 0 radical (unpaired) electrons. The molecule has 1 saturated heterocycles. The van der Waals surface area contributed by atoms with Crippen molar-refractivity contribution in [2.24, 2.45) is 0 Å². The topological polar surface area (TPSA) is 62.3 Å². The van der Waals surface area contributed by atoms with E-state index in [0.717, 1.165) is 5.56 Å². The maximum Gasteiger partial charge on any atom is 0.247 e. The summed E-state index contributed by atoms with van der Waals surface area (Å²) >= 11 is 0. The summed E-state index contributed by atoms with van der Waals surface area (Å²) in [6.07, 6.45) is 6.53. The van der Waals surface area contributed by atoms with Crippen LogP contribution >= 0.6 is 0 Å². The van der Waals surface area contributed by atoms with Gasteiger partial charge in [0.25, 0.3) is 0 Å². The monoisotopic (exact) mass is 245 g/mol. The van der Waals surface area contributed by atoms with Crippen LogP contribution in [-0.4, -0.2) is 40.8 Å². The Labute approximate surface area is 106 Å². The molecule has 1 aromatic heterocycles. The molecular formula is C13H15N3O2. The van der Waals surface area contributed by atoms with Crippen molar-refractivity contribution in [2.75, 3.05) is 13.1 Å². The molecule has 18 heavy (non-hydrogen) atoms.